The minimum Gasteiger partial charge on any atom is -0.465 e. The average Bonchev–Trinajstić information content (AvgIpc) is 2.73. The van der Waals surface area contributed by atoms with Gasteiger partial charge in [-0.05, 0) is 24.3 Å². The molecule has 3 rings (SSSR count). The number of rotatable bonds is 5. The van der Waals surface area contributed by atoms with Crippen molar-refractivity contribution in [2.24, 2.45) is 5.92 Å². The maximum absolute atomic E-state index is 12.3. The van der Waals surface area contributed by atoms with Crippen molar-refractivity contribution in [2.45, 2.75) is 25.5 Å². The molecule has 2 aliphatic rings. The van der Waals surface area contributed by atoms with Gasteiger partial charge in [0.15, 0.2) is 0 Å². The standard InChI is InChI=1S/C20H29N3O5/c24-14-18-13-21(10-11-23(18)19(25)26)12-16-6-8-22(9-7-16)20(27)28-15-17-4-2-1-3-5-17/h1-5,16,18,24H,6-15H2,(H,25,26)/t18-/m0/s1. The van der Waals surface area contributed by atoms with Gasteiger partial charge >= 0.3 is 12.2 Å². The molecular formula is C20H29N3O5. The van der Waals surface area contributed by atoms with E-state index >= 15 is 0 Å². The number of carbonyl (C=O) groups is 2. The fourth-order valence-corrected chi connectivity index (χ4v) is 3.97. The van der Waals surface area contributed by atoms with Crippen LogP contribution in [0, 0.1) is 5.92 Å². The normalized spacial score (nSPS) is 21.5. The van der Waals surface area contributed by atoms with Crippen LogP contribution in [-0.2, 0) is 11.3 Å². The molecule has 8 nitrogen and oxygen atoms in total. The Labute approximate surface area is 165 Å². The molecule has 0 radical (unpaired) electrons. The van der Waals surface area contributed by atoms with Gasteiger partial charge in [0.05, 0.1) is 12.6 Å². The van der Waals surface area contributed by atoms with Crippen molar-refractivity contribution >= 4 is 12.2 Å². The largest absolute Gasteiger partial charge is 0.465 e. The first-order valence-electron chi connectivity index (χ1n) is 9.85. The van der Waals surface area contributed by atoms with Gasteiger partial charge in [0.25, 0.3) is 0 Å². The number of hydrogen-bond donors (Lipinski definition) is 2. The van der Waals surface area contributed by atoms with Crippen molar-refractivity contribution in [1.82, 2.24) is 14.7 Å². The maximum atomic E-state index is 12.3. The summed E-state index contributed by atoms with van der Waals surface area (Å²) in [5, 5.41) is 18.7. The zero-order valence-electron chi connectivity index (χ0n) is 16.1. The van der Waals surface area contributed by atoms with Gasteiger partial charge in [0.1, 0.15) is 6.61 Å². The van der Waals surface area contributed by atoms with Crippen molar-refractivity contribution in [3.8, 4) is 0 Å². The first-order valence-corrected chi connectivity index (χ1v) is 9.85. The van der Waals surface area contributed by atoms with E-state index in [1.165, 1.54) is 4.90 Å². The molecule has 0 spiro atoms. The lowest BCUT2D eigenvalue weighted by Crippen LogP contribution is -2.57. The number of likely N-dealkylation sites (tertiary alicyclic amines) is 1. The van der Waals surface area contributed by atoms with Crippen molar-refractivity contribution in [1.29, 1.82) is 0 Å². The molecule has 28 heavy (non-hydrogen) atoms. The molecule has 1 aromatic carbocycles. The summed E-state index contributed by atoms with van der Waals surface area (Å²) in [7, 11) is 0. The second kappa shape index (κ2) is 9.75. The molecule has 2 amide bonds. The Balaban J connectivity index is 1.39. The Hall–Kier alpha value is -2.32. The van der Waals surface area contributed by atoms with Crippen LogP contribution in [0.15, 0.2) is 30.3 Å². The first kappa shape index (κ1) is 20.4. The number of hydrogen-bond acceptors (Lipinski definition) is 5. The number of aliphatic hydroxyl groups is 1. The van der Waals surface area contributed by atoms with Crippen LogP contribution >= 0.6 is 0 Å². The molecule has 1 atom stereocenters. The molecule has 2 saturated heterocycles. The van der Waals surface area contributed by atoms with E-state index in [-0.39, 0.29) is 25.3 Å². The van der Waals surface area contributed by atoms with E-state index < -0.39 is 6.09 Å². The van der Waals surface area contributed by atoms with E-state index in [0.717, 1.165) is 24.9 Å². The van der Waals surface area contributed by atoms with E-state index in [0.29, 0.717) is 38.6 Å². The van der Waals surface area contributed by atoms with Crippen LogP contribution in [0.1, 0.15) is 18.4 Å². The number of amides is 2. The van der Waals surface area contributed by atoms with E-state index in [4.69, 9.17) is 4.74 Å². The lowest BCUT2D eigenvalue weighted by Gasteiger charge is -2.41. The fraction of sp³-hybridized carbons (Fsp3) is 0.600. The number of nitrogens with zero attached hydrogens (tertiary/aromatic N) is 3. The Bertz CT molecular complexity index is 649. The van der Waals surface area contributed by atoms with E-state index in [2.05, 4.69) is 4.90 Å². The monoisotopic (exact) mass is 391 g/mol. The van der Waals surface area contributed by atoms with Crippen LogP contribution in [0.25, 0.3) is 0 Å². The molecule has 0 aliphatic carbocycles. The van der Waals surface area contributed by atoms with Gasteiger partial charge in [-0.15, -0.1) is 0 Å². The third kappa shape index (κ3) is 5.36. The molecule has 8 heteroatoms. The zero-order valence-corrected chi connectivity index (χ0v) is 16.1. The van der Waals surface area contributed by atoms with Crippen molar-refractivity contribution in [2.75, 3.05) is 45.9 Å². The Morgan fingerprint density at radius 2 is 1.79 bits per heavy atom. The number of carbonyl (C=O) groups excluding carboxylic acids is 1. The molecule has 2 aliphatic heterocycles. The summed E-state index contributed by atoms with van der Waals surface area (Å²) in [5.41, 5.74) is 0.977. The maximum Gasteiger partial charge on any atom is 0.410 e. The Morgan fingerprint density at radius 3 is 2.43 bits per heavy atom. The third-order valence-electron chi connectivity index (χ3n) is 5.62. The predicted molar refractivity (Wildman–Crippen MR) is 103 cm³/mol. The highest BCUT2D eigenvalue weighted by atomic mass is 16.6. The van der Waals surface area contributed by atoms with Crippen LogP contribution in [0.4, 0.5) is 9.59 Å². The summed E-state index contributed by atoms with van der Waals surface area (Å²) >= 11 is 0. The molecule has 0 bridgehead atoms. The molecule has 1 aromatic rings. The molecule has 0 aromatic heterocycles. The van der Waals surface area contributed by atoms with Crippen LogP contribution in [0.5, 0.6) is 0 Å². The first-order chi connectivity index (χ1) is 13.6. The molecule has 2 heterocycles. The smallest absolute Gasteiger partial charge is 0.410 e. The number of benzene rings is 1. The Morgan fingerprint density at radius 1 is 1.07 bits per heavy atom. The van der Waals surface area contributed by atoms with Gasteiger partial charge in [0.2, 0.25) is 0 Å². The number of piperidine rings is 1. The summed E-state index contributed by atoms with van der Waals surface area (Å²) in [5.74, 6) is 0.467. The summed E-state index contributed by atoms with van der Waals surface area (Å²) in [6.45, 7) is 4.02. The summed E-state index contributed by atoms with van der Waals surface area (Å²) in [6.07, 6.45) is 0.575. The van der Waals surface area contributed by atoms with Gasteiger partial charge < -0.3 is 24.7 Å². The van der Waals surface area contributed by atoms with Crippen molar-refractivity contribution in [3.05, 3.63) is 35.9 Å². The molecule has 2 N–H and O–H groups in total. The van der Waals surface area contributed by atoms with Gasteiger partial charge in [0, 0.05) is 39.3 Å². The van der Waals surface area contributed by atoms with Gasteiger partial charge in [-0.1, -0.05) is 30.3 Å². The highest BCUT2D eigenvalue weighted by Gasteiger charge is 2.32. The van der Waals surface area contributed by atoms with Crippen LogP contribution in [0.2, 0.25) is 0 Å². The van der Waals surface area contributed by atoms with Crippen LogP contribution < -0.4 is 0 Å². The van der Waals surface area contributed by atoms with E-state index in [1.54, 1.807) is 4.90 Å². The quantitative estimate of drug-likeness (QED) is 0.793. The van der Waals surface area contributed by atoms with Gasteiger partial charge in [-0.25, -0.2) is 9.59 Å². The van der Waals surface area contributed by atoms with Crippen LogP contribution in [0.3, 0.4) is 0 Å². The Kier molecular flexibility index (Phi) is 7.11. The summed E-state index contributed by atoms with van der Waals surface area (Å²) < 4.78 is 5.40. The highest BCUT2D eigenvalue weighted by Crippen LogP contribution is 2.21. The average molecular weight is 391 g/mol. The highest BCUT2D eigenvalue weighted by molar-refractivity contribution is 5.67. The molecule has 154 valence electrons. The minimum absolute atomic E-state index is 0.158. The predicted octanol–water partition coefficient (Wildman–Crippen LogP) is 1.69. The SMILES string of the molecule is O=C(OCc1ccccc1)N1CCC(CN2CCN(C(=O)O)[C@H](CO)C2)CC1. The topological polar surface area (TPSA) is 93.6 Å². The minimum atomic E-state index is -0.971. The lowest BCUT2D eigenvalue weighted by molar-refractivity contribution is 0.0297. The van der Waals surface area contributed by atoms with Crippen LogP contribution in [-0.4, -0.2) is 89.0 Å². The fourth-order valence-electron chi connectivity index (χ4n) is 3.97. The molecule has 0 unspecified atom stereocenters. The summed E-state index contributed by atoms with van der Waals surface area (Å²) in [4.78, 5) is 28.8. The molecular weight excluding hydrogens is 362 g/mol. The number of piperazine rings is 1. The van der Waals surface area contributed by atoms with Crippen molar-refractivity contribution < 1.29 is 24.5 Å². The summed E-state index contributed by atoms with van der Waals surface area (Å²) in [6, 6.07) is 9.28. The van der Waals surface area contributed by atoms with Crippen molar-refractivity contribution in [3.63, 3.8) is 0 Å². The molecule has 0 saturated carbocycles. The van der Waals surface area contributed by atoms with Gasteiger partial charge in [-0.3, -0.25) is 4.90 Å². The van der Waals surface area contributed by atoms with E-state index in [1.807, 2.05) is 30.3 Å². The zero-order chi connectivity index (χ0) is 19.9. The number of ether oxygens (including phenoxy) is 1. The van der Waals surface area contributed by atoms with Gasteiger partial charge in [-0.2, -0.15) is 0 Å². The number of aliphatic hydroxyl groups excluding tert-OH is 1. The molecule has 2 fully saturated rings. The number of carboxylic acid groups (broad SMARTS) is 1. The second-order valence-corrected chi connectivity index (χ2v) is 7.54. The second-order valence-electron chi connectivity index (χ2n) is 7.54. The van der Waals surface area contributed by atoms with E-state index in [9.17, 15) is 19.8 Å². The third-order valence-corrected chi connectivity index (χ3v) is 5.62. The lowest BCUT2D eigenvalue weighted by atomic mass is 9.96.